The third-order valence-electron chi connectivity index (χ3n) is 2.85. The topological polar surface area (TPSA) is 88.0 Å². The number of ether oxygens (including phenoxy) is 1. The first kappa shape index (κ1) is 16.2. The fourth-order valence-corrected chi connectivity index (χ4v) is 1.79. The monoisotopic (exact) mass is 312 g/mol. The molecule has 0 aromatic heterocycles. The molecule has 0 saturated heterocycles. The van der Waals surface area contributed by atoms with Crippen molar-refractivity contribution in [3.05, 3.63) is 65.7 Å². The van der Waals surface area contributed by atoms with Gasteiger partial charge in [-0.3, -0.25) is 4.79 Å². The number of hydrazone groups is 1. The third-order valence-corrected chi connectivity index (χ3v) is 2.85. The number of carboxylic acids is 1. The number of carboxylic acid groups (broad SMARTS) is 1. The Hall–Kier alpha value is -3.15. The summed E-state index contributed by atoms with van der Waals surface area (Å²) in [5.41, 5.74) is 4.13. The molecule has 0 radical (unpaired) electrons. The Balaban J connectivity index is 1.81. The molecule has 0 atom stereocenters. The normalized spacial score (nSPS) is 10.4. The fourth-order valence-electron chi connectivity index (χ4n) is 1.79. The lowest BCUT2D eigenvalue weighted by Crippen LogP contribution is -2.19. The van der Waals surface area contributed by atoms with Crippen molar-refractivity contribution in [1.82, 2.24) is 5.43 Å². The Morgan fingerprint density at radius 1 is 1.09 bits per heavy atom. The van der Waals surface area contributed by atoms with Crippen molar-refractivity contribution in [3.8, 4) is 5.75 Å². The largest absolute Gasteiger partial charge is 0.482 e. The number of nitrogens with zero attached hydrogens (tertiary/aromatic N) is 1. The number of carbonyl (C=O) groups is 2. The second kappa shape index (κ2) is 8.33. The van der Waals surface area contributed by atoms with Crippen LogP contribution in [0, 0.1) is 0 Å². The van der Waals surface area contributed by atoms with E-state index < -0.39 is 5.97 Å². The zero-order valence-corrected chi connectivity index (χ0v) is 12.3. The van der Waals surface area contributed by atoms with E-state index in [0.717, 1.165) is 11.1 Å². The number of carbonyl (C=O) groups excluding carboxylic acids is 1. The zero-order chi connectivity index (χ0) is 16.5. The summed E-state index contributed by atoms with van der Waals surface area (Å²) >= 11 is 0. The highest BCUT2D eigenvalue weighted by Crippen LogP contribution is 2.10. The number of rotatable bonds is 7. The molecule has 0 heterocycles. The number of amides is 1. The molecule has 6 nitrogen and oxygen atoms in total. The van der Waals surface area contributed by atoms with E-state index in [1.807, 2.05) is 30.3 Å². The van der Waals surface area contributed by atoms with Crippen LogP contribution >= 0.6 is 0 Å². The molecule has 0 unspecified atom stereocenters. The van der Waals surface area contributed by atoms with Crippen LogP contribution < -0.4 is 10.2 Å². The van der Waals surface area contributed by atoms with E-state index in [1.165, 1.54) is 6.21 Å². The van der Waals surface area contributed by atoms with E-state index in [0.29, 0.717) is 5.75 Å². The van der Waals surface area contributed by atoms with Crippen molar-refractivity contribution in [2.75, 3.05) is 6.61 Å². The second-order valence-corrected chi connectivity index (χ2v) is 4.71. The molecule has 2 aromatic carbocycles. The number of hydrogen-bond acceptors (Lipinski definition) is 4. The highest BCUT2D eigenvalue weighted by molar-refractivity contribution is 5.83. The summed E-state index contributed by atoms with van der Waals surface area (Å²) in [6, 6.07) is 16.1. The maximum Gasteiger partial charge on any atom is 0.341 e. The van der Waals surface area contributed by atoms with Gasteiger partial charge in [0.15, 0.2) is 6.61 Å². The molecule has 2 rings (SSSR count). The van der Waals surface area contributed by atoms with Gasteiger partial charge in [0.1, 0.15) is 5.75 Å². The van der Waals surface area contributed by atoms with Crippen LogP contribution in [0.15, 0.2) is 59.7 Å². The smallest absolute Gasteiger partial charge is 0.341 e. The summed E-state index contributed by atoms with van der Waals surface area (Å²) in [7, 11) is 0. The first-order valence-corrected chi connectivity index (χ1v) is 6.94. The molecule has 0 aliphatic carbocycles. The van der Waals surface area contributed by atoms with E-state index in [-0.39, 0.29) is 18.9 Å². The molecule has 23 heavy (non-hydrogen) atoms. The Bertz CT molecular complexity index is 681. The summed E-state index contributed by atoms with van der Waals surface area (Å²) in [5, 5.41) is 12.4. The van der Waals surface area contributed by atoms with Gasteiger partial charge in [0.25, 0.3) is 0 Å². The minimum atomic E-state index is -1.03. The molecule has 0 saturated carbocycles. The predicted octanol–water partition coefficient (Wildman–Crippen LogP) is 1.84. The van der Waals surface area contributed by atoms with Crippen LogP contribution in [0.4, 0.5) is 0 Å². The summed E-state index contributed by atoms with van der Waals surface area (Å²) in [6.07, 6.45) is 1.77. The van der Waals surface area contributed by atoms with Crippen LogP contribution in [0.2, 0.25) is 0 Å². The van der Waals surface area contributed by atoms with Gasteiger partial charge in [0.2, 0.25) is 5.91 Å². The molecule has 2 aromatic rings. The third kappa shape index (κ3) is 6.01. The Kier molecular flexibility index (Phi) is 5.88. The van der Waals surface area contributed by atoms with E-state index >= 15 is 0 Å². The lowest BCUT2D eigenvalue weighted by molar-refractivity contribution is -0.139. The van der Waals surface area contributed by atoms with Crippen LogP contribution in [0.1, 0.15) is 11.1 Å². The zero-order valence-electron chi connectivity index (χ0n) is 12.3. The van der Waals surface area contributed by atoms with Crippen molar-refractivity contribution in [2.45, 2.75) is 6.42 Å². The summed E-state index contributed by atoms with van der Waals surface area (Å²) in [5.74, 6) is -0.775. The van der Waals surface area contributed by atoms with Crippen LogP contribution in [-0.2, 0) is 16.0 Å². The van der Waals surface area contributed by atoms with Gasteiger partial charge in [-0.15, -0.1) is 0 Å². The van der Waals surface area contributed by atoms with Crippen molar-refractivity contribution >= 4 is 18.1 Å². The van der Waals surface area contributed by atoms with Crippen molar-refractivity contribution in [2.24, 2.45) is 5.10 Å². The van der Waals surface area contributed by atoms with Crippen LogP contribution in [0.3, 0.4) is 0 Å². The molecule has 0 aliphatic heterocycles. The standard InChI is InChI=1S/C17H16N2O4/c20-16(10-13-4-2-1-3-5-13)19-18-11-14-6-8-15(9-7-14)23-12-17(21)22/h1-9,11H,10,12H2,(H,19,20)(H,21,22)/b18-11+. The van der Waals surface area contributed by atoms with Gasteiger partial charge in [0, 0.05) is 0 Å². The number of aliphatic carboxylic acids is 1. The van der Waals surface area contributed by atoms with E-state index in [9.17, 15) is 9.59 Å². The number of hydrogen-bond donors (Lipinski definition) is 2. The number of benzene rings is 2. The van der Waals surface area contributed by atoms with E-state index in [4.69, 9.17) is 9.84 Å². The molecular formula is C17H16N2O4. The minimum absolute atomic E-state index is 0.200. The second-order valence-electron chi connectivity index (χ2n) is 4.71. The molecule has 0 spiro atoms. The summed E-state index contributed by atoms with van der Waals surface area (Å²) in [4.78, 5) is 22.1. The molecule has 0 aliphatic rings. The number of nitrogens with one attached hydrogen (secondary N) is 1. The van der Waals surface area contributed by atoms with Crippen molar-refractivity contribution < 1.29 is 19.4 Å². The summed E-state index contributed by atoms with van der Waals surface area (Å²) in [6.45, 7) is -0.386. The van der Waals surface area contributed by atoms with E-state index in [2.05, 4.69) is 10.5 Å². The Labute approximate surface area is 133 Å². The molecule has 6 heteroatoms. The van der Waals surface area contributed by atoms with Crippen molar-refractivity contribution in [3.63, 3.8) is 0 Å². The first-order chi connectivity index (χ1) is 11.1. The lowest BCUT2D eigenvalue weighted by Gasteiger charge is -2.03. The van der Waals surface area contributed by atoms with Gasteiger partial charge >= 0.3 is 5.97 Å². The Morgan fingerprint density at radius 2 is 1.78 bits per heavy atom. The summed E-state index contributed by atoms with van der Waals surface area (Å²) < 4.78 is 5.02. The quantitative estimate of drug-likeness (QED) is 0.603. The highest BCUT2D eigenvalue weighted by Gasteiger charge is 2.01. The van der Waals surface area contributed by atoms with Crippen LogP contribution in [0.5, 0.6) is 5.75 Å². The fraction of sp³-hybridized carbons (Fsp3) is 0.118. The van der Waals surface area contributed by atoms with Gasteiger partial charge in [-0.05, 0) is 35.4 Å². The molecule has 0 fully saturated rings. The van der Waals surface area contributed by atoms with Crippen LogP contribution in [-0.4, -0.2) is 29.8 Å². The Morgan fingerprint density at radius 3 is 2.43 bits per heavy atom. The maximum atomic E-state index is 11.7. The van der Waals surface area contributed by atoms with Gasteiger partial charge < -0.3 is 9.84 Å². The minimum Gasteiger partial charge on any atom is -0.482 e. The van der Waals surface area contributed by atoms with Gasteiger partial charge in [-0.25, -0.2) is 10.2 Å². The first-order valence-electron chi connectivity index (χ1n) is 6.94. The molecule has 118 valence electrons. The average molecular weight is 312 g/mol. The van der Waals surface area contributed by atoms with E-state index in [1.54, 1.807) is 24.3 Å². The molecular weight excluding hydrogens is 296 g/mol. The SMILES string of the molecule is O=C(O)COc1ccc(/C=N/NC(=O)Cc2ccccc2)cc1. The van der Waals surface area contributed by atoms with Gasteiger partial charge in [-0.2, -0.15) is 5.10 Å². The van der Waals surface area contributed by atoms with Crippen molar-refractivity contribution in [1.29, 1.82) is 0 Å². The predicted molar refractivity (Wildman–Crippen MR) is 85.5 cm³/mol. The maximum absolute atomic E-state index is 11.7. The van der Waals surface area contributed by atoms with Gasteiger partial charge in [0.05, 0.1) is 12.6 Å². The lowest BCUT2D eigenvalue weighted by atomic mass is 10.1. The van der Waals surface area contributed by atoms with Crippen LogP contribution in [0.25, 0.3) is 0 Å². The van der Waals surface area contributed by atoms with Gasteiger partial charge in [-0.1, -0.05) is 30.3 Å². The average Bonchev–Trinajstić information content (AvgIpc) is 2.55. The molecule has 1 amide bonds. The highest BCUT2D eigenvalue weighted by atomic mass is 16.5. The molecule has 0 bridgehead atoms. The molecule has 2 N–H and O–H groups in total.